The SMILES string of the molecule is Cc1nc(-c2ccc(NC(=O)NCC3CCCC3O)cc2)cs1. The fourth-order valence-corrected chi connectivity index (χ4v) is 3.50. The van der Waals surface area contributed by atoms with E-state index in [-0.39, 0.29) is 18.1 Å². The van der Waals surface area contributed by atoms with E-state index in [1.807, 2.05) is 36.6 Å². The van der Waals surface area contributed by atoms with Gasteiger partial charge in [0.05, 0.1) is 16.8 Å². The molecule has 1 aromatic heterocycles. The van der Waals surface area contributed by atoms with Crippen molar-refractivity contribution >= 4 is 23.1 Å². The van der Waals surface area contributed by atoms with Gasteiger partial charge in [-0.1, -0.05) is 18.6 Å². The molecule has 2 unspecified atom stereocenters. The van der Waals surface area contributed by atoms with Crippen molar-refractivity contribution in [2.75, 3.05) is 11.9 Å². The van der Waals surface area contributed by atoms with Gasteiger partial charge in [0.2, 0.25) is 0 Å². The van der Waals surface area contributed by atoms with Crippen molar-refractivity contribution in [3.05, 3.63) is 34.7 Å². The molecule has 1 fully saturated rings. The molecule has 23 heavy (non-hydrogen) atoms. The molecular formula is C17H21N3O2S. The smallest absolute Gasteiger partial charge is 0.319 e. The minimum absolute atomic E-state index is 0.177. The van der Waals surface area contributed by atoms with Crippen molar-refractivity contribution in [3.8, 4) is 11.3 Å². The Hall–Kier alpha value is -1.92. The molecule has 122 valence electrons. The standard InChI is InChI=1S/C17H21N3O2S/c1-11-19-15(10-23-11)12-5-7-14(8-6-12)20-17(22)18-9-13-3-2-4-16(13)21/h5-8,10,13,16,21H,2-4,9H2,1H3,(H2,18,20,22). The van der Waals surface area contributed by atoms with E-state index in [0.29, 0.717) is 6.54 Å². The number of urea groups is 1. The molecule has 2 atom stereocenters. The first-order valence-corrected chi connectivity index (χ1v) is 8.75. The van der Waals surface area contributed by atoms with E-state index >= 15 is 0 Å². The molecule has 1 heterocycles. The molecule has 1 aromatic carbocycles. The third kappa shape index (κ3) is 4.09. The van der Waals surface area contributed by atoms with Gasteiger partial charge in [0, 0.05) is 29.1 Å². The van der Waals surface area contributed by atoms with Crippen molar-refractivity contribution in [3.63, 3.8) is 0 Å². The van der Waals surface area contributed by atoms with Crippen LogP contribution in [0, 0.1) is 12.8 Å². The Morgan fingerprint density at radius 1 is 1.35 bits per heavy atom. The summed E-state index contributed by atoms with van der Waals surface area (Å²) in [7, 11) is 0. The Morgan fingerprint density at radius 2 is 2.13 bits per heavy atom. The lowest BCUT2D eigenvalue weighted by atomic mass is 10.1. The second-order valence-electron chi connectivity index (χ2n) is 5.92. The van der Waals surface area contributed by atoms with Crippen LogP contribution in [0.25, 0.3) is 11.3 Å². The first-order chi connectivity index (χ1) is 11.1. The number of aromatic nitrogens is 1. The molecular weight excluding hydrogens is 310 g/mol. The van der Waals surface area contributed by atoms with E-state index in [2.05, 4.69) is 15.6 Å². The van der Waals surface area contributed by atoms with Gasteiger partial charge in [-0.25, -0.2) is 9.78 Å². The zero-order valence-corrected chi connectivity index (χ0v) is 13.9. The molecule has 0 radical (unpaired) electrons. The number of hydrogen-bond acceptors (Lipinski definition) is 4. The van der Waals surface area contributed by atoms with Gasteiger partial charge in [0.15, 0.2) is 0 Å². The number of nitrogens with one attached hydrogen (secondary N) is 2. The molecule has 3 N–H and O–H groups in total. The third-order valence-corrected chi connectivity index (χ3v) is 4.97. The van der Waals surface area contributed by atoms with Crippen LogP contribution in [0.2, 0.25) is 0 Å². The second-order valence-corrected chi connectivity index (χ2v) is 6.98. The minimum atomic E-state index is -0.281. The highest BCUT2D eigenvalue weighted by Crippen LogP contribution is 2.25. The average Bonchev–Trinajstić information content (AvgIpc) is 3.15. The van der Waals surface area contributed by atoms with Gasteiger partial charge in [-0.3, -0.25) is 0 Å². The van der Waals surface area contributed by atoms with Crippen LogP contribution in [0.1, 0.15) is 24.3 Å². The molecule has 0 bridgehead atoms. The van der Waals surface area contributed by atoms with Crippen LogP contribution in [0.5, 0.6) is 0 Å². The van der Waals surface area contributed by atoms with Crippen LogP contribution in [0.15, 0.2) is 29.6 Å². The number of hydrogen-bond donors (Lipinski definition) is 3. The van der Waals surface area contributed by atoms with Crippen molar-refractivity contribution < 1.29 is 9.90 Å². The number of benzene rings is 1. The number of carbonyl (C=O) groups excluding carboxylic acids is 1. The Bertz CT molecular complexity index is 669. The van der Waals surface area contributed by atoms with Crippen LogP contribution in [0.3, 0.4) is 0 Å². The van der Waals surface area contributed by atoms with E-state index in [1.54, 1.807) is 11.3 Å². The van der Waals surface area contributed by atoms with Crippen LogP contribution >= 0.6 is 11.3 Å². The Balaban J connectivity index is 1.52. The Kier molecular flexibility index (Phi) is 4.93. The molecule has 1 aliphatic carbocycles. The molecule has 1 saturated carbocycles. The largest absolute Gasteiger partial charge is 0.393 e. The number of amides is 2. The molecule has 1 aliphatic rings. The molecule has 6 heteroatoms. The number of rotatable bonds is 4. The molecule has 2 aromatic rings. The fraction of sp³-hybridized carbons (Fsp3) is 0.412. The summed E-state index contributed by atoms with van der Waals surface area (Å²) in [5, 5.41) is 18.5. The number of carbonyl (C=O) groups is 1. The molecule has 5 nitrogen and oxygen atoms in total. The maximum atomic E-state index is 11.9. The van der Waals surface area contributed by atoms with E-state index < -0.39 is 0 Å². The molecule has 0 spiro atoms. The van der Waals surface area contributed by atoms with Crippen molar-refractivity contribution in [1.29, 1.82) is 0 Å². The highest BCUT2D eigenvalue weighted by Gasteiger charge is 2.25. The normalized spacial score (nSPS) is 20.4. The lowest BCUT2D eigenvalue weighted by Gasteiger charge is -2.15. The predicted molar refractivity (Wildman–Crippen MR) is 92.7 cm³/mol. The maximum absolute atomic E-state index is 11.9. The van der Waals surface area contributed by atoms with Gasteiger partial charge in [-0.15, -0.1) is 11.3 Å². The van der Waals surface area contributed by atoms with Gasteiger partial charge in [0.25, 0.3) is 0 Å². The number of aliphatic hydroxyl groups excluding tert-OH is 1. The molecule has 3 rings (SSSR count). The van der Waals surface area contributed by atoms with Gasteiger partial charge in [-0.05, 0) is 31.9 Å². The van der Waals surface area contributed by atoms with Gasteiger partial charge >= 0.3 is 6.03 Å². The van der Waals surface area contributed by atoms with Gasteiger partial charge in [-0.2, -0.15) is 0 Å². The van der Waals surface area contributed by atoms with E-state index in [1.165, 1.54) is 0 Å². The quantitative estimate of drug-likeness (QED) is 0.804. The number of thiazole rings is 1. The van der Waals surface area contributed by atoms with Crippen molar-refractivity contribution in [2.24, 2.45) is 5.92 Å². The molecule has 0 saturated heterocycles. The number of aryl methyl sites for hydroxylation is 1. The third-order valence-electron chi connectivity index (χ3n) is 4.20. The lowest BCUT2D eigenvalue weighted by molar-refractivity contribution is 0.133. The summed E-state index contributed by atoms with van der Waals surface area (Å²) in [6.45, 7) is 2.50. The van der Waals surface area contributed by atoms with E-state index in [4.69, 9.17) is 0 Å². The van der Waals surface area contributed by atoms with Crippen molar-refractivity contribution in [2.45, 2.75) is 32.3 Å². The highest BCUT2D eigenvalue weighted by molar-refractivity contribution is 7.09. The number of aliphatic hydroxyl groups is 1. The summed E-state index contributed by atoms with van der Waals surface area (Å²) in [5.41, 5.74) is 2.73. The van der Waals surface area contributed by atoms with Gasteiger partial charge < -0.3 is 15.7 Å². The highest BCUT2D eigenvalue weighted by atomic mass is 32.1. The molecule has 2 amide bonds. The zero-order valence-electron chi connectivity index (χ0n) is 13.1. The van der Waals surface area contributed by atoms with E-state index in [0.717, 1.165) is 41.2 Å². The van der Waals surface area contributed by atoms with Crippen molar-refractivity contribution in [1.82, 2.24) is 10.3 Å². The maximum Gasteiger partial charge on any atom is 0.319 e. The van der Waals surface area contributed by atoms with E-state index in [9.17, 15) is 9.90 Å². The monoisotopic (exact) mass is 331 g/mol. The summed E-state index contributed by atoms with van der Waals surface area (Å²) in [5.74, 6) is 0.177. The first kappa shape index (κ1) is 16.0. The van der Waals surface area contributed by atoms with Gasteiger partial charge in [0.1, 0.15) is 0 Å². The summed E-state index contributed by atoms with van der Waals surface area (Å²) in [4.78, 5) is 16.4. The summed E-state index contributed by atoms with van der Waals surface area (Å²) in [6.07, 6.45) is 2.57. The second kappa shape index (κ2) is 7.10. The zero-order chi connectivity index (χ0) is 16.2. The van der Waals surface area contributed by atoms with Crippen LogP contribution in [0.4, 0.5) is 10.5 Å². The van der Waals surface area contributed by atoms with Crippen LogP contribution in [-0.4, -0.2) is 28.8 Å². The average molecular weight is 331 g/mol. The summed E-state index contributed by atoms with van der Waals surface area (Å²) in [6, 6.07) is 7.40. The number of nitrogens with zero attached hydrogens (tertiary/aromatic N) is 1. The summed E-state index contributed by atoms with van der Waals surface area (Å²) >= 11 is 1.62. The summed E-state index contributed by atoms with van der Waals surface area (Å²) < 4.78 is 0. The fourth-order valence-electron chi connectivity index (χ4n) is 2.87. The Labute approximate surface area is 139 Å². The van der Waals surface area contributed by atoms with Crippen LogP contribution in [-0.2, 0) is 0 Å². The lowest BCUT2D eigenvalue weighted by Crippen LogP contribution is -2.35. The van der Waals surface area contributed by atoms with Crippen LogP contribution < -0.4 is 10.6 Å². The predicted octanol–water partition coefficient (Wildman–Crippen LogP) is 3.40. The number of anilines is 1. The molecule has 0 aliphatic heterocycles. The topological polar surface area (TPSA) is 74.2 Å². The first-order valence-electron chi connectivity index (χ1n) is 7.87. The minimum Gasteiger partial charge on any atom is -0.393 e. The Morgan fingerprint density at radius 3 is 2.74 bits per heavy atom.